The lowest BCUT2D eigenvalue weighted by atomic mass is 10.0. The maximum absolute atomic E-state index is 13.2. The zero-order chi connectivity index (χ0) is 27.7. The van der Waals surface area contributed by atoms with E-state index < -0.39 is 47.2 Å². The molecule has 1 aromatic rings. The van der Waals surface area contributed by atoms with E-state index in [4.69, 9.17) is 29.3 Å². The van der Waals surface area contributed by atoms with Crippen molar-refractivity contribution in [3.8, 4) is 0 Å². The summed E-state index contributed by atoms with van der Waals surface area (Å²) in [6, 6.07) is 8.04. The summed E-state index contributed by atoms with van der Waals surface area (Å²) in [4.78, 5) is 58.1. The number of benzene rings is 1. The summed E-state index contributed by atoms with van der Waals surface area (Å²) in [7, 11) is 0. The van der Waals surface area contributed by atoms with Crippen molar-refractivity contribution in [3.05, 3.63) is 35.9 Å². The number of nitrogens with one attached hydrogen (secondary N) is 1. The third-order valence-corrected chi connectivity index (χ3v) is 4.63. The quantitative estimate of drug-likeness (QED) is 0.381. The number of aliphatic carboxylic acids is 2. The van der Waals surface area contributed by atoms with Gasteiger partial charge >= 0.3 is 23.9 Å². The third kappa shape index (κ3) is 11.3. The van der Waals surface area contributed by atoms with Gasteiger partial charge in [0.25, 0.3) is 0 Å². The molecule has 36 heavy (non-hydrogen) atoms. The molecule has 1 fully saturated rings. The fourth-order valence-electron chi connectivity index (χ4n) is 3.30. The minimum atomic E-state index is -1.82. The Kier molecular flexibility index (Phi) is 11.0. The lowest BCUT2D eigenvalue weighted by Gasteiger charge is -2.38. The molecule has 0 bridgehead atoms. The minimum absolute atomic E-state index is 0.0843. The van der Waals surface area contributed by atoms with Crippen LogP contribution in [0.1, 0.15) is 53.5 Å². The molecule has 0 radical (unpaired) electrons. The molecule has 1 aliphatic rings. The number of piperazine rings is 1. The zero-order valence-corrected chi connectivity index (χ0v) is 21.6. The highest BCUT2D eigenvalue weighted by atomic mass is 16.6. The monoisotopic (exact) mass is 508 g/mol. The van der Waals surface area contributed by atoms with Crippen LogP contribution in [0.15, 0.2) is 30.3 Å². The first kappa shape index (κ1) is 30.6. The predicted molar refractivity (Wildman–Crippen MR) is 129 cm³/mol. The number of nitrogens with zero attached hydrogens (tertiary/aromatic N) is 1. The second-order valence-corrected chi connectivity index (χ2v) is 10.2. The molecule has 3 N–H and O–H groups in total. The third-order valence-electron chi connectivity index (χ3n) is 4.63. The fourth-order valence-corrected chi connectivity index (χ4v) is 3.30. The summed E-state index contributed by atoms with van der Waals surface area (Å²) in [5.41, 5.74) is -0.358. The number of carbonyl (C=O) groups is 5. The van der Waals surface area contributed by atoms with E-state index in [9.17, 15) is 14.4 Å². The standard InChI is InChI=1S/C23H34N2O5.C2H2O4/c1-22(2,3)29-19(26)15-17-20(27)25(13-12-24-17)18(21(28)30-23(4,5)6)14-16-10-8-7-9-11-16;3-1(4)2(5)6/h7-11,17-18,24H,12-15H2,1-6H3;(H,3,4)(H,5,6)/t17-,18-;/m0./s1. The zero-order valence-electron chi connectivity index (χ0n) is 21.6. The number of carboxylic acids is 2. The van der Waals surface area contributed by atoms with Crippen molar-refractivity contribution in [2.75, 3.05) is 13.1 Å². The van der Waals surface area contributed by atoms with Crippen molar-refractivity contribution >= 4 is 29.8 Å². The van der Waals surface area contributed by atoms with Crippen molar-refractivity contribution in [1.29, 1.82) is 0 Å². The lowest BCUT2D eigenvalue weighted by molar-refractivity contribution is -0.167. The van der Waals surface area contributed by atoms with E-state index in [1.165, 1.54) is 4.90 Å². The molecule has 0 aromatic heterocycles. The molecule has 1 aliphatic heterocycles. The minimum Gasteiger partial charge on any atom is -0.473 e. The highest BCUT2D eigenvalue weighted by Crippen LogP contribution is 2.19. The Bertz CT molecular complexity index is 921. The Labute approximate surface area is 210 Å². The number of hydrogen-bond acceptors (Lipinski definition) is 8. The van der Waals surface area contributed by atoms with E-state index >= 15 is 0 Å². The van der Waals surface area contributed by atoms with Crippen LogP contribution in [-0.2, 0) is 39.9 Å². The van der Waals surface area contributed by atoms with Crippen LogP contribution in [0, 0.1) is 0 Å². The van der Waals surface area contributed by atoms with Crippen LogP contribution in [0.2, 0.25) is 0 Å². The van der Waals surface area contributed by atoms with Gasteiger partial charge in [0.2, 0.25) is 5.91 Å². The lowest BCUT2D eigenvalue weighted by Crippen LogP contribution is -2.61. The maximum atomic E-state index is 13.2. The van der Waals surface area contributed by atoms with Gasteiger partial charge < -0.3 is 29.9 Å². The fraction of sp³-hybridized carbons (Fsp3) is 0.560. The Hall–Kier alpha value is -3.47. The molecular formula is C25H36N2O9. The summed E-state index contributed by atoms with van der Waals surface area (Å²) in [5.74, 6) is -4.84. The van der Waals surface area contributed by atoms with Gasteiger partial charge in [-0.05, 0) is 47.1 Å². The topological polar surface area (TPSA) is 160 Å². The summed E-state index contributed by atoms with van der Waals surface area (Å²) in [6.45, 7) is 11.6. The highest BCUT2D eigenvalue weighted by Gasteiger charge is 2.39. The Morgan fingerprint density at radius 3 is 1.97 bits per heavy atom. The van der Waals surface area contributed by atoms with E-state index in [2.05, 4.69) is 5.32 Å². The van der Waals surface area contributed by atoms with Gasteiger partial charge in [-0.2, -0.15) is 0 Å². The smallest absolute Gasteiger partial charge is 0.414 e. The summed E-state index contributed by atoms with van der Waals surface area (Å²) < 4.78 is 11.0. The van der Waals surface area contributed by atoms with Crippen LogP contribution in [0.25, 0.3) is 0 Å². The Morgan fingerprint density at radius 1 is 0.972 bits per heavy atom. The number of hydrogen-bond donors (Lipinski definition) is 3. The number of esters is 2. The molecule has 11 nitrogen and oxygen atoms in total. The molecule has 0 spiro atoms. The molecule has 0 unspecified atom stereocenters. The molecule has 2 atom stereocenters. The largest absolute Gasteiger partial charge is 0.473 e. The molecule has 0 saturated carbocycles. The van der Waals surface area contributed by atoms with E-state index in [-0.39, 0.29) is 12.3 Å². The molecule has 0 aliphatic carbocycles. The van der Waals surface area contributed by atoms with Crippen molar-refractivity contribution in [2.45, 2.75) is 77.7 Å². The number of carbonyl (C=O) groups excluding carboxylic acids is 3. The van der Waals surface area contributed by atoms with Gasteiger partial charge in [-0.15, -0.1) is 0 Å². The second-order valence-electron chi connectivity index (χ2n) is 10.2. The van der Waals surface area contributed by atoms with Crippen molar-refractivity contribution in [3.63, 3.8) is 0 Å². The molecule has 1 amide bonds. The second kappa shape index (κ2) is 13.0. The highest BCUT2D eigenvalue weighted by molar-refractivity contribution is 6.27. The van der Waals surface area contributed by atoms with Crippen LogP contribution < -0.4 is 5.32 Å². The van der Waals surface area contributed by atoms with Crippen molar-refractivity contribution < 1.29 is 43.7 Å². The van der Waals surface area contributed by atoms with Crippen LogP contribution in [0.3, 0.4) is 0 Å². The summed E-state index contributed by atoms with van der Waals surface area (Å²) in [5, 5.41) is 17.9. The number of ether oxygens (including phenoxy) is 2. The molecular weight excluding hydrogens is 472 g/mol. The molecule has 1 saturated heterocycles. The van der Waals surface area contributed by atoms with E-state index in [0.717, 1.165) is 5.56 Å². The first-order valence-electron chi connectivity index (χ1n) is 11.5. The van der Waals surface area contributed by atoms with Gasteiger partial charge in [-0.1, -0.05) is 30.3 Å². The first-order chi connectivity index (χ1) is 16.5. The number of amides is 1. The van der Waals surface area contributed by atoms with Crippen molar-refractivity contribution in [1.82, 2.24) is 10.2 Å². The molecule has 11 heteroatoms. The van der Waals surface area contributed by atoms with Gasteiger partial charge in [0, 0.05) is 19.5 Å². The molecule has 200 valence electrons. The van der Waals surface area contributed by atoms with Crippen LogP contribution in [-0.4, -0.2) is 81.3 Å². The number of carboxylic acid groups (broad SMARTS) is 2. The normalized spacial score (nSPS) is 16.8. The van der Waals surface area contributed by atoms with Crippen LogP contribution in [0.4, 0.5) is 0 Å². The van der Waals surface area contributed by atoms with Crippen molar-refractivity contribution in [2.24, 2.45) is 0 Å². The predicted octanol–water partition coefficient (Wildman–Crippen LogP) is 1.63. The molecule has 1 aromatic carbocycles. The SMILES string of the molecule is CC(C)(C)OC(=O)C[C@@H]1NCCN([C@@H](Cc2ccccc2)C(=O)OC(C)(C)C)C1=O.O=C(O)C(=O)O. The van der Waals surface area contributed by atoms with E-state index in [1.54, 1.807) is 41.5 Å². The van der Waals surface area contributed by atoms with Gasteiger partial charge in [0.15, 0.2) is 0 Å². The first-order valence-corrected chi connectivity index (χ1v) is 11.5. The average molecular weight is 509 g/mol. The van der Waals surface area contributed by atoms with Gasteiger partial charge in [-0.3, -0.25) is 9.59 Å². The number of rotatable bonds is 6. The summed E-state index contributed by atoms with van der Waals surface area (Å²) >= 11 is 0. The Balaban J connectivity index is 0.000000960. The maximum Gasteiger partial charge on any atom is 0.414 e. The molecule has 2 rings (SSSR count). The van der Waals surface area contributed by atoms with E-state index in [0.29, 0.717) is 19.5 Å². The molecule has 1 heterocycles. The Morgan fingerprint density at radius 2 is 1.50 bits per heavy atom. The van der Waals surface area contributed by atoms with E-state index in [1.807, 2.05) is 30.3 Å². The van der Waals surface area contributed by atoms with Gasteiger partial charge in [0.05, 0.1) is 12.5 Å². The summed E-state index contributed by atoms with van der Waals surface area (Å²) in [6.07, 6.45) is 0.264. The van der Waals surface area contributed by atoms with Gasteiger partial charge in [-0.25, -0.2) is 14.4 Å². The van der Waals surface area contributed by atoms with Crippen LogP contribution in [0.5, 0.6) is 0 Å². The van der Waals surface area contributed by atoms with Gasteiger partial charge in [0.1, 0.15) is 17.2 Å². The average Bonchev–Trinajstić information content (AvgIpc) is 2.72. The van der Waals surface area contributed by atoms with Crippen LogP contribution >= 0.6 is 0 Å².